The van der Waals surface area contributed by atoms with Crippen LogP contribution in [0.25, 0.3) is 22.0 Å². The van der Waals surface area contributed by atoms with E-state index in [1.165, 1.54) is 0 Å². The SMILES string of the molecule is O=c1[nH]c(C(Cl)=Cc2ccc3c(c2)OCCO3)nc2cc(Cl)ccc12. The van der Waals surface area contributed by atoms with Crippen LogP contribution in [0.1, 0.15) is 11.4 Å². The van der Waals surface area contributed by atoms with Crippen LogP contribution in [-0.2, 0) is 0 Å². The van der Waals surface area contributed by atoms with Crippen molar-refractivity contribution in [2.75, 3.05) is 13.2 Å². The lowest BCUT2D eigenvalue weighted by Crippen LogP contribution is -2.15. The first-order valence-corrected chi connectivity index (χ1v) is 8.32. The van der Waals surface area contributed by atoms with Crippen LogP contribution in [0.3, 0.4) is 0 Å². The second-order valence-electron chi connectivity index (χ2n) is 5.47. The highest BCUT2D eigenvalue weighted by molar-refractivity contribution is 6.50. The number of rotatable bonds is 2. The number of fused-ring (bicyclic) bond motifs is 2. The zero-order valence-electron chi connectivity index (χ0n) is 12.9. The molecular formula is C18H12Cl2N2O3. The molecule has 0 aliphatic carbocycles. The van der Waals surface area contributed by atoms with Crippen LogP contribution < -0.4 is 15.0 Å². The number of halogens is 2. The van der Waals surface area contributed by atoms with Crippen LogP contribution in [0.15, 0.2) is 41.2 Å². The molecular weight excluding hydrogens is 363 g/mol. The fraction of sp³-hybridized carbons (Fsp3) is 0.111. The lowest BCUT2D eigenvalue weighted by molar-refractivity contribution is 0.171. The van der Waals surface area contributed by atoms with Gasteiger partial charge < -0.3 is 14.5 Å². The summed E-state index contributed by atoms with van der Waals surface area (Å²) in [4.78, 5) is 19.3. The monoisotopic (exact) mass is 374 g/mol. The number of nitrogens with zero attached hydrogens (tertiary/aromatic N) is 1. The maximum Gasteiger partial charge on any atom is 0.259 e. The van der Waals surface area contributed by atoms with Crippen LogP contribution in [0.2, 0.25) is 5.02 Å². The van der Waals surface area contributed by atoms with Crippen LogP contribution in [0, 0.1) is 0 Å². The van der Waals surface area contributed by atoms with Crippen molar-refractivity contribution < 1.29 is 9.47 Å². The molecule has 0 fully saturated rings. The molecule has 0 amide bonds. The molecule has 0 saturated heterocycles. The first kappa shape index (κ1) is 16.0. The van der Waals surface area contributed by atoms with Gasteiger partial charge in [-0.2, -0.15) is 0 Å². The highest BCUT2D eigenvalue weighted by atomic mass is 35.5. The largest absolute Gasteiger partial charge is 0.486 e. The van der Waals surface area contributed by atoms with E-state index in [2.05, 4.69) is 9.97 Å². The summed E-state index contributed by atoms with van der Waals surface area (Å²) in [5.74, 6) is 1.64. The Balaban J connectivity index is 1.75. The minimum absolute atomic E-state index is 0.273. The number of ether oxygens (including phenoxy) is 2. The van der Waals surface area contributed by atoms with E-state index >= 15 is 0 Å². The highest BCUT2D eigenvalue weighted by Crippen LogP contribution is 2.32. The topological polar surface area (TPSA) is 64.2 Å². The van der Waals surface area contributed by atoms with Crippen molar-refractivity contribution in [3.05, 3.63) is 63.2 Å². The number of aromatic amines is 1. The summed E-state index contributed by atoms with van der Waals surface area (Å²) in [6, 6.07) is 10.4. The summed E-state index contributed by atoms with van der Waals surface area (Å²) in [6.45, 7) is 1.04. The molecule has 2 aromatic carbocycles. The standard InChI is InChI=1S/C18H12Cl2N2O3/c19-11-2-3-12-14(9-11)21-17(22-18(12)23)13(20)7-10-1-4-15-16(8-10)25-6-5-24-15/h1-4,7-9H,5-6H2,(H,21,22,23). The minimum atomic E-state index is -0.273. The van der Waals surface area contributed by atoms with Crippen molar-refractivity contribution in [1.82, 2.24) is 9.97 Å². The zero-order valence-corrected chi connectivity index (χ0v) is 14.4. The maximum atomic E-state index is 12.2. The second kappa shape index (κ2) is 6.43. The van der Waals surface area contributed by atoms with Gasteiger partial charge in [0.05, 0.1) is 15.9 Å². The van der Waals surface area contributed by atoms with Gasteiger partial charge in [-0.05, 0) is 42.0 Å². The summed E-state index contributed by atoms with van der Waals surface area (Å²) in [5.41, 5.74) is 1.02. The Morgan fingerprint density at radius 2 is 1.92 bits per heavy atom. The van der Waals surface area contributed by atoms with Crippen LogP contribution in [-0.4, -0.2) is 23.2 Å². The smallest absolute Gasteiger partial charge is 0.259 e. The van der Waals surface area contributed by atoms with Gasteiger partial charge in [0.2, 0.25) is 0 Å². The first-order chi connectivity index (χ1) is 12.1. The molecule has 5 nitrogen and oxygen atoms in total. The predicted molar refractivity (Wildman–Crippen MR) is 98.5 cm³/mol. The normalized spacial score (nSPS) is 13.9. The fourth-order valence-electron chi connectivity index (χ4n) is 2.59. The molecule has 1 aliphatic rings. The maximum absolute atomic E-state index is 12.2. The van der Waals surface area contributed by atoms with Crippen LogP contribution in [0.5, 0.6) is 11.5 Å². The average Bonchev–Trinajstić information content (AvgIpc) is 2.61. The average molecular weight is 375 g/mol. The van der Waals surface area contributed by atoms with Gasteiger partial charge in [0, 0.05) is 5.02 Å². The number of nitrogens with one attached hydrogen (secondary N) is 1. The Morgan fingerprint density at radius 1 is 1.12 bits per heavy atom. The van der Waals surface area contributed by atoms with Crippen molar-refractivity contribution in [3.8, 4) is 11.5 Å². The Hall–Kier alpha value is -2.50. The molecule has 0 bridgehead atoms. The number of aromatic nitrogens is 2. The van der Waals surface area contributed by atoms with E-state index < -0.39 is 0 Å². The summed E-state index contributed by atoms with van der Waals surface area (Å²) < 4.78 is 11.0. The van der Waals surface area contributed by atoms with E-state index in [9.17, 15) is 4.79 Å². The Bertz CT molecular complexity index is 1060. The predicted octanol–water partition coefficient (Wildman–Crippen LogP) is 4.08. The molecule has 0 spiro atoms. The van der Waals surface area contributed by atoms with Gasteiger partial charge in [-0.15, -0.1) is 0 Å². The van der Waals surface area contributed by atoms with Gasteiger partial charge in [-0.3, -0.25) is 4.79 Å². The third-order valence-electron chi connectivity index (χ3n) is 3.75. The molecule has 7 heteroatoms. The molecule has 2 heterocycles. The summed E-state index contributed by atoms with van der Waals surface area (Å²) in [5, 5.41) is 1.26. The van der Waals surface area contributed by atoms with E-state index in [1.54, 1.807) is 24.3 Å². The molecule has 0 atom stereocenters. The van der Waals surface area contributed by atoms with E-state index in [0.29, 0.717) is 45.7 Å². The lowest BCUT2D eigenvalue weighted by Gasteiger charge is -2.18. The van der Waals surface area contributed by atoms with Gasteiger partial charge in [0.15, 0.2) is 17.3 Å². The Labute approximate surface area is 152 Å². The van der Waals surface area contributed by atoms with E-state index in [-0.39, 0.29) is 11.4 Å². The number of hydrogen-bond acceptors (Lipinski definition) is 4. The van der Waals surface area contributed by atoms with Crippen molar-refractivity contribution in [2.45, 2.75) is 0 Å². The molecule has 0 radical (unpaired) electrons. The molecule has 1 N–H and O–H groups in total. The Kier molecular flexibility index (Phi) is 4.11. The van der Waals surface area contributed by atoms with Crippen molar-refractivity contribution in [2.24, 2.45) is 0 Å². The van der Waals surface area contributed by atoms with Crippen molar-refractivity contribution >= 4 is 45.2 Å². The second-order valence-corrected chi connectivity index (χ2v) is 6.32. The summed E-state index contributed by atoms with van der Waals surface area (Å²) in [6.07, 6.45) is 1.70. The first-order valence-electron chi connectivity index (χ1n) is 7.57. The molecule has 0 unspecified atom stereocenters. The molecule has 4 rings (SSSR count). The summed E-state index contributed by atoms with van der Waals surface area (Å²) >= 11 is 12.3. The van der Waals surface area contributed by atoms with E-state index in [4.69, 9.17) is 32.7 Å². The van der Waals surface area contributed by atoms with Gasteiger partial charge in [-0.1, -0.05) is 29.3 Å². The molecule has 3 aromatic rings. The Morgan fingerprint density at radius 3 is 2.76 bits per heavy atom. The van der Waals surface area contributed by atoms with E-state index in [0.717, 1.165) is 5.56 Å². The van der Waals surface area contributed by atoms with Gasteiger partial charge in [0.25, 0.3) is 5.56 Å². The number of H-pyrrole nitrogens is 1. The quantitative estimate of drug-likeness (QED) is 0.733. The number of hydrogen-bond donors (Lipinski definition) is 1. The molecule has 126 valence electrons. The van der Waals surface area contributed by atoms with Crippen molar-refractivity contribution in [3.63, 3.8) is 0 Å². The summed E-state index contributed by atoms with van der Waals surface area (Å²) in [7, 11) is 0. The van der Waals surface area contributed by atoms with Crippen LogP contribution >= 0.6 is 23.2 Å². The lowest BCUT2D eigenvalue weighted by atomic mass is 10.1. The number of benzene rings is 2. The molecule has 1 aromatic heterocycles. The highest BCUT2D eigenvalue weighted by Gasteiger charge is 2.12. The fourth-order valence-corrected chi connectivity index (χ4v) is 2.97. The van der Waals surface area contributed by atoms with Gasteiger partial charge >= 0.3 is 0 Å². The van der Waals surface area contributed by atoms with Crippen molar-refractivity contribution in [1.29, 1.82) is 0 Å². The van der Waals surface area contributed by atoms with E-state index in [1.807, 2.05) is 18.2 Å². The molecule has 25 heavy (non-hydrogen) atoms. The van der Waals surface area contributed by atoms with Crippen LogP contribution in [0.4, 0.5) is 0 Å². The molecule has 0 saturated carbocycles. The molecule has 1 aliphatic heterocycles. The van der Waals surface area contributed by atoms with Gasteiger partial charge in [-0.25, -0.2) is 4.98 Å². The van der Waals surface area contributed by atoms with Gasteiger partial charge in [0.1, 0.15) is 13.2 Å². The minimum Gasteiger partial charge on any atom is -0.486 e. The third kappa shape index (κ3) is 3.21. The zero-order chi connectivity index (χ0) is 17.4. The third-order valence-corrected chi connectivity index (χ3v) is 4.28.